The molecule has 1 aliphatic heterocycles. The largest absolute Gasteiger partial charge is 0.252 e. The summed E-state index contributed by atoms with van der Waals surface area (Å²) in [5.41, 5.74) is 1.00. The smallest absolute Gasteiger partial charge is 0.206 e. The minimum Gasteiger partial charge on any atom is -0.206 e. The molecule has 1 aliphatic rings. The molecular weight excluding hydrogens is 230 g/mol. The highest BCUT2D eigenvalue weighted by Crippen LogP contribution is 2.25. The first kappa shape index (κ1) is 10.9. The summed E-state index contributed by atoms with van der Waals surface area (Å²) in [6.07, 6.45) is 1.82. The van der Waals surface area contributed by atoms with Gasteiger partial charge in [0.05, 0.1) is 0 Å². The predicted molar refractivity (Wildman–Crippen MR) is 61.5 cm³/mol. The fourth-order valence-corrected chi connectivity index (χ4v) is 4.30. The van der Waals surface area contributed by atoms with Crippen molar-refractivity contribution in [3.63, 3.8) is 0 Å². The molecule has 5 heteroatoms. The molecular formula is C10H13NO2S2. The Morgan fingerprint density at radius 1 is 1.47 bits per heavy atom. The van der Waals surface area contributed by atoms with E-state index in [0.29, 0.717) is 17.3 Å². The molecule has 1 fully saturated rings. The molecule has 0 atom stereocenters. The minimum atomic E-state index is -3.26. The molecule has 15 heavy (non-hydrogen) atoms. The second-order valence-electron chi connectivity index (χ2n) is 3.62. The van der Waals surface area contributed by atoms with E-state index in [1.165, 1.54) is 15.6 Å². The molecule has 0 radical (unpaired) electrons. The standard InChI is InChI=1S/C10H13NO2S2/c1-9-4-2-6-11(8-9)15(12,13)10-5-3-7-14-10/h3,5,7H,1-2,4,6,8H2. The lowest BCUT2D eigenvalue weighted by molar-refractivity contribution is 0.396. The Bertz CT molecular complexity index is 448. The van der Waals surface area contributed by atoms with Gasteiger partial charge in [-0.2, -0.15) is 4.31 Å². The van der Waals surface area contributed by atoms with Gasteiger partial charge in [-0.05, 0) is 24.3 Å². The van der Waals surface area contributed by atoms with Crippen molar-refractivity contribution in [1.29, 1.82) is 0 Å². The fourth-order valence-electron chi connectivity index (χ4n) is 1.66. The Morgan fingerprint density at radius 2 is 2.27 bits per heavy atom. The van der Waals surface area contributed by atoms with Crippen molar-refractivity contribution >= 4 is 21.4 Å². The molecule has 1 saturated heterocycles. The van der Waals surface area contributed by atoms with Crippen LogP contribution in [0.2, 0.25) is 0 Å². The van der Waals surface area contributed by atoms with Crippen molar-refractivity contribution in [3.05, 3.63) is 29.7 Å². The van der Waals surface area contributed by atoms with Gasteiger partial charge in [-0.3, -0.25) is 0 Å². The van der Waals surface area contributed by atoms with Gasteiger partial charge in [0, 0.05) is 13.1 Å². The predicted octanol–water partition coefficient (Wildman–Crippen LogP) is 2.09. The van der Waals surface area contributed by atoms with Crippen LogP contribution >= 0.6 is 11.3 Å². The SMILES string of the molecule is C=C1CCCN(S(=O)(=O)c2cccs2)C1. The Balaban J connectivity index is 2.26. The number of thiophene rings is 1. The molecule has 0 aromatic carbocycles. The maximum absolute atomic E-state index is 12.1. The number of rotatable bonds is 2. The van der Waals surface area contributed by atoms with E-state index < -0.39 is 10.0 Å². The van der Waals surface area contributed by atoms with Gasteiger partial charge in [-0.25, -0.2) is 8.42 Å². The van der Waals surface area contributed by atoms with Crippen LogP contribution in [0.25, 0.3) is 0 Å². The van der Waals surface area contributed by atoms with Crippen molar-refractivity contribution in [3.8, 4) is 0 Å². The Kier molecular flexibility index (Phi) is 2.95. The highest BCUT2D eigenvalue weighted by molar-refractivity contribution is 7.91. The Hall–Kier alpha value is -0.650. The van der Waals surface area contributed by atoms with Crippen LogP contribution in [0, 0.1) is 0 Å². The maximum Gasteiger partial charge on any atom is 0.252 e. The Labute approximate surface area is 94.1 Å². The second kappa shape index (κ2) is 4.08. The van der Waals surface area contributed by atoms with Gasteiger partial charge in [0.25, 0.3) is 10.0 Å². The quantitative estimate of drug-likeness (QED) is 0.746. The lowest BCUT2D eigenvalue weighted by Crippen LogP contribution is -2.36. The molecule has 1 aromatic rings. The van der Waals surface area contributed by atoms with Gasteiger partial charge in [-0.15, -0.1) is 11.3 Å². The van der Waals surface area contributed by atoms with Crippen LogP contribution in [0.4, 0.5) is 0 Å². The summed E-state index contributed by atoms with van der Waals surface area (Å²) >= 11 is 1.27. The van der Waals surface area contributed by atoms with Crippen molar-refractivity contribution in [2.45, 2.75) is 17.1 Å². The number of piperidine rings is 1. The molecule has 0 spiro atoms. The summed E-state index contributed by atoms with van der Waals surface area (Å²) in [5, 5.41) is 1.78. The van der Waals surface area contributed by atoms with Gasteiger partial charge in [0.15, 0.2) is 0 Å². The van der Waals surface area contributed by atoms with Crippen LogP contribution in [0.15, 0.2) is 33.9 Å². The molecule has 0 amide bonds. The molecule has 3 nitrogen and oxygen atoms in total. The van der Waals surface area contributed by atoms with E-state index in [1.54, 1.807) is 17.5 Å². The zero-order valence-electron chi connectivity index (χ0n) is 8.35. The van der Waals surface area contributed by atoms with Crippen LogP contribution in [0.1, 0.15) is 12.8 Å². The molecule has 2 heterocycles. The highest BCUT2D eigenvalue weighted by Gasteiger charge is 2.27. The summed E-state index contributed by atoms with van der Waals surface area (Å²) in [5.74, 6) is 0. The van der Waals surface area contributed by atoms with Crippen molar-refractivity contribution in [1.82, 2.24) is 4.31 Å². The first-order chi connectivity index (χ1) is 7.10. The summed E-state index contributed by atoms with van der Waals surface area (Å²) in [7, 11) is -3.26. The van der Waals surface area contributed by atoms with E-state index in [1.807, 2.05) is 0 Å². The van der Waals surface area contributed by atoms with E-state index >= 15 is 0 Å². The summed E-state index contributed by atoms with van der Waals surface area (Å²) < 4.78 is 26.1. The third-order valence-corrected chi connectivity index (χ3v) is 5.65. The van der Waals surface area contributed by atoms with Crippen LogP contribution in [0.5, 0.6) is 0 Å². The first-order valence-corrected chi connectivity index (χ1v) is 7.13. The molecule has 0 unspecified atom stereocenters. The topological polar surface area (TPSA) is 37.4 Å². The zero-order chi connectivity index (χ0) is 10.9. The molecule has 0 saturated carbocycles. The third kappa shape index (κ3) is 2.14. The zero-order valence-corrected chi connectivity index (χ0v) is 9.98. The van der Waals surface area contributed by atoms with Crippen LogP contribution < -0.4 is 0 Å². The average Bonchev–Trinajstić information content (AvgIpc) is 2.71. The molecule has 0 N–H and O–H groups in total. The summed E-state index contributed by atoms with van der Waals surface area (Å²) in [6, 6.07) is 3.41. The van der Waals surface area contributed by atoms with Gasteiger partial charge >= 0.3 is 0 Å². The van der Waals surface area contributed by atoms with Crippen LogP contribution in [-0.2, 0) is 10.0 Å². The van der Waals surface area contributed by atoms with Gasteiger partial charge in [0.1, 0.15) is 4.21 Å². The summed E-state index contributed by atoms with van der Waals surface area (Å²) in [4.78, 5) is 0. The van der Waals surface area contributed by atoms with E-state index in [2.05, 4.69) is 6.58 Å². The number of sulfonamides is 1. The van der Waals surface area contributed by atoms with Gasteiger partial charge < -0.3 is 0 Å². The highest BCUT2D eigenvalue weighted by atomic mass is 32.2. The molecule has 0 bridgehead atoms. The number of hydrogen-bond acceptors (Lipinski definition) is 3. The third-order valence-electron chi connectivity index (χ3n) is 2.43. The Morgan fingerprint density at radius 3 is 2.87 bits per heavy atom. The van der Waals surface area contributed by atoms with Crippen LogP contribution in [0.3, 0.4) is 0 Å². The van der Waals surface area contributed by atoms with E-state index in [-0.39, 0.29) is 0 Å². The van der Waals surface area contributed by atoms with Crippen LogP contribution in [-0.4, -0.2) is 25.8 Å². The lowest BCUT2D eigenvalue weighted by atomic mass is 10.1. The first-order valence-electron chi connectivity index (χ1n) is 4.81. The second-order valence-corrected chi connectivity index (χ2v) is 6.74. The number of nitrogens with zero attached hydrogens (tertiary/aromatic N) is 1. The minimum absolute atomic E-state index is 0.428. The van der Waals surface area contributed by atoms with Crippen molar-refractivity contribution in [2.75, 3.05) is 13.1 Å². The normalized spacial score (nSPS) is 19.3. The molecule has 1 aromatic heterocycles. The molecule has 2 rings (SSSR count). The van der Waals surface area contributed by atoms with Crippen molar-refractivity contribution < 1.29 is 8.42 Å². The molecule has 82 valence electrons. The fraction of sp³-hybridized carbons (Fsp3) is 0.400. The van der Waals surface area contributed by atoms with Crippen molar-refractivity contribution in [2.24, 2.45) is 0 Å². The monoisotopic (exact) mass is 243 g/mol. The van der Waals surface area contributed by atoms with Gasteiger partial charge in [0.2, 0.25) is 0 Å². The van der Waals surface area contributed by atoms with E-state index in [4.69, 9.17) is 0 Å². The maximum atomic E-state index is 12.1. The average molecular weight is 243 g/mol. The van der Waals surface area contributed by atoms with E-state index in [0.717, 1.165) is 18.4 Å². The van der Waals surface area contributed by atoms with Gasteiger partial charge in [-0.1, -0.05) is 18.2 Å². The van der Waals surface area contributed by atoms with E-state index in [9.17, 15) is 8.42 Å². The number of hydrogen-bond donors (Lipinski definition) is 0. The lowest BCUT2D eigenvalue weighted by Gasteiger charge is -2.26. The summed E-state index contributed by atoms with van der Waals surface area (Å²) in [6.45, 7) is 4.94. The molecule has 0 aliphatic carbocycles.